The van der Waals surface area contributed by atoms with Crippen LogP contribution in [0.5, 0.6) is 0 Å². The second-order valence-corrected chi connectivity index (χ2v) is 8.77. The van der Waals surface area contributed by atoms with Crippen molar-refractivity contribution in [1.82, 2.24) is 28.8 Å². The lowest BCUT2D eigenvalue weighted by atomic mass is 10.3. The van der Waals surface area contributed by atoms with Gasteiger partial charge in [0, 0.05) is 38.9 Å². The fourth-order valence-corrected chi connectivity index (χ4v) is 4.78. The molecule has 1 aliphatic rings. The third kappa shape index (κ3) is 3.87. The Bertz CT molecular complexity index is 944. The molecule has 1 aliphatic heterocycles. The van der Waals surface area contributed by atoms with Crippen LogP contribution in [0.3, 0.4) is 0 Å². The molecule has 0 saturated carbocycles. The fourth-order valence-electron chi connectivity index (χ4n) is 3.04. The lowest BCUT2D eigenvalue weighted by Crippen LogP contribution is -2.51. The molecule has 0 spiro atoms. The van der Waals surface area contributed by atoms with Gasteiger partial charge in [0.25, 0.3) is 0 Å². The third-order valence-corrected chi connectivity index (χ3v) is 7.14. The topological polar surface area (TPSA) is 93.3 Å². The summed E-state index contributed by atoms with van der Waals surface area (Å²) in [5.74, 6) is -0.107. The SMILES string of the molecule is CCn1cc(S(=O)(=O)N2CCN(C(=O)Cn3ncc(Cl)c3C)CC2)c(C)n1. The van der Waals surface area contributed by atoms with Crippen LogP contribution in [0.1, 0.15) is 18.3 Å². The van der Waals surface area contributed by atoms with Gasteiger partial charge in [0.2, 0.25) is 15.9 Å². The molecular weight excluding hydrogens is 392 g/mol. The van der Waals surface area contributed by atoms with Gasteiger partial charge in [-0.15, -0.1) is 0 Å². The predicted molar refractivity (Wildman–Crippen MR) is 100.0 cm³/mol. The van der Waals surface area contributed by atoms with Crippen LogP contribution in [0, 0.1) is 13.8 Å². The number of halogens is 1. The highest BCUT2D eigenvalue weighted by Gasteiger charge is 2.32. The van der Waals surface area contributed by atoms with E-state index in [0.29, 0.717) is 30.4 Å². The average molecular weight is 415 g/mol. The number of carbonyl (C=O) groups is 1. The molecule has 1 saturated heterocycles. The molecule has 27 heavy (non-hydrogen) atoms. The van der Waals surface area contributed by atoms with Gasteiger partial charge in [0.15, 0.2) is 0 Å². The molecule has 0 aromatic carbocycles. The lowest BCUT2D eigenvalue weighted by Gasteiger charge is -2.34. The molecule has 11 heteroatoms. The van der Waals surface area contributed by atoms with E-state index in [1.807, 2.05) is 6.92 Å². The minimum Gasteiger partial charge on any atom is -0.338 e. The molecule has 148 valence electrons. The Labute approximate surface area is 163 Å². The zero-order valence-corrected chi connectivity index (χ0v) is 17.2. The number of sulfonamides is 1. The van der Waals surface area contributed by atoms with Crippen LogP contribution >= 0.6 is 11.6 Å². The van der Waals surface area contributed by atoms with E-state index in [-0.39, 0.29) is 30.4 Å². The van der Waals surface area contributed by atoms with Crippen molar-refractivity contribution < 1.29 is 13.2 Å². The standard InChI is InChI=1S/C16H23ClN6O3S/c1-4-21-10-15(12(2)19-21)27(25,26)22-7-5-20(6-8-22)16(24)11-23-13(3)14(17)9-18-23/h9-10H,4-8,11H2,1-3H3. The normalized spacial score (nSPS) is 16.1. The summed E-state index contributed by atoms with van der Waals surface area (Å²) in [6.45, 7) is 7.28. The molecule has 2 aromatic heterocycles. The smallest absolute Gasteiger partial charge is 0.246 e. The summed E-state index contributed by atoms with van der Waals surface area (Å²) in [6.07, 6.45) is 3.07. The largest absolute Gasteiger partial charge is 0.338 e. The molecule has 9 nitrogen and oxygen atoms in total. The van der Waals surface area contributed by atoms with Crippen molar-refractivity contribution in [3.63, 3.8) is 0 Å². The number of nitrogens with zero attached hydrogens (tertiary/aromatic N) is 6. The third-order valence-electron chi connectivity index (χ3n) is 4.76. The van der Waals surface area contributed by atoms with Crippen LogP contribution in [0.4, 0.5) is 0 Å². The molecular formula is C16H23ClN6O3S. The number of hydrogen-bond acceptors (Lipinski definition) is 5. The molecule has 1 amide bonds. The Morgan fingerprint density at radius 3 is 2.41 bits per heavy atom. The minimum absolute atomic E-state index is 0.0910. The molecule has 0 radical (unpaired) electrons. The average Bonchev–Trinajstić information content (AvgIpc) is 3.19. The van der Waals surface area contributed by atoms with E-state index >= 15 is 0 Å². The second-order valence-electron chi connectivity index (χ2n) is 6.45. The van der Waals surface area contributed by atoms with E-state index in [1.165, 1.54) is 10.5 Å². The first kappa shape index (κ1) is 19.8. The van der Waals surface area contributed by atoms with Gasteiger partial charge in [-0.3, -0.25) is 14.2 Å². The number of aromatic nitrogens is 4. The maximum atomic E-state index is 12.9. The first-order valence-electron chi connectivity index (χ1n) is 8.74. The Balaban J connectivity index is 1.65. The van der Waals surface area contributed by atoms with Gasteiger partial charge in [0.05, 0.1) is 22.6 Å². The van der Waals surface area contributed by atoms with Crippen LogP contribution in [-0.2, 0) is 27.9 Å². The van der Waals surface area contributed by atoms with Crippen LogP contribution in [0.25, 0.3) is 0 Å². The first-order chi connectivity index (χ1) is 12.7. The van der Waals surface area contributed by atoms with Crippen molar-refractivity contribution in [1.29, 1.82) is 0 Å². The summed E-state index contributed by atoms with van der Waals surface area (Å²) in [4.78, 5) is 14.4. The van der Waals surface area contributed by atoms with Crippen molar-refractivity contribution in [3.05, 3.63) is 28.8 Å². The minimum atomic E-state index is -3.62. The van der Waals surface area contributed by atoms with Crippen LogP contribution in [0.15, 0.2) is 17.3 Å². The highest BCUT2D eigenvalue weighted by molar-refractivity contribution is 7.89. The van der Waals surface area contributed by atoms with E-state index in [0.717, 1.165) is 5.69 Å². The van der Waals surface area contributed by atoms with E-state index in [4.69, 9.17) is 11.6 Å². The number of rotatable bonds is 5. The summed E-state index contributed by atoms with van der Waals surface area (Å²) in [7, 11) is -3.62. The summed E-state index contributed by atoms with van der Waals surface area (Å²) in [6, 6.07) is 0. The Morgan fingerprint density at radius 2 is 1.89 bits per heavy atom. The summed E-state index contributed by atoms with van der Waals surface area (Å²) >= 11 is 5.96. The number of hydrogen-bond donors (Lipinski definition) is 0. The number of amides is 1. The monoisotopic (exact) mass is 414 g/mol. The summed E-state index contributed by atoms with van der Waals surface area (Å²) in [5.41, 5.74) is 1.22. The summed E-state index contributed by atoms with van der Waals surface area (Å²) < 4.78 is 30.4. The fraction of sp³-hybridized carbons (Fsp3) is 0.562. The molecule has 0 aliphatic carbocycles. The Morgan fingerprint density at radius 1 is 1.22 bits per heavy atom. The quantitative estimate of drug-likeness (QED) is 0.724. The maximum Gasteiger partial charge on any atom is 0.246 e. The Hall–Kier alpha value is -1.91. The van der Waals surface area contributed by atoms with E-state index in [2.05, 4.69) is 10.2 Å². The van der Waals surface area contributed by atoms with E-state index in [9.17, 15) is 13.2 Å². The van der Waals surface area contributed by atoms with Gasteiger partial charge in [-0.05, 0) is 20.8 Å². The van der Waals surface area contributed by atoms with E-state index in [1.54, 1.807) is 34.3 Å². The highest BCUT2D eigenvalue weighted by Crippen LogP contribution is 2.21. The van der Waals surface area contributed by atoms with Gasteiger partial charge >= 0.3 is 0 Å². The molecule has 3 heterocycles. The maximum absolute atomic E-state index is 12.9. The van der Waals surface area contributed by atoms with Crippen molar-refractivity contribution in [2.75, 3.05) is 26.2 Å². The lowest BCUT2D eigenvalue weighted by molar-refractivity contribution is -0.133. The first-order valence-corrected chi connectivity index (χ1v) is 10.6. The van der Waals surface area contributed by atoms with Gasteiger partial charge in [-0.2, -0.15) is 14.5 Å². The zero-order chi connectivity index (χ0) is 19.8. The molecule has 0 unspecified atom stereocenters. The second kappa shape index (κ2) is 7.61. The molecule has 0 bridgehead atoms. The number of aryl methyl sites for hydroxylation is 2. The number of piperazine rings is 1. The van der Waals surface area contributed by atoms with E-state index < -0.39 is 10.0 Å². The van der Waals surface area contributed by atoms with Crippen LogP contribution < -0.4 is 0 Å². The summed E-state index contributed by atoms with van der Waals surface area (Å²) in [5, 5.41) is 8.82. The predicted octanol–water partition coefficient (Wildman–Crippen LogP) is 0.903. The molecule has 3 rings (SSSR count). The van der Waals surface area contributed by atoms with Gasteiger partial charge in [-0.1, -0.05) is 11.6 Å². The molecule has 0 N–H and O–H groups in total. The van der Waals surface area contributed by atoms with Gasteiger partial charge < -0.3 is 4.90 Å². The van der Waals surface area contributed by atoms with Crippen molar-refractivity contribution >= 4 is 27.5 Å². The Kier molecular flexibility index (Phi) is 5.59. The van der Waals surface area contributed by atoms with Crippen LogP contribution in [0.2, 0.25) is 5.02 Å². The molecule has 2 aromatic rings. The van der Waals surface area contributed by atoms with Crippen molar-refractivity contribution in [3.8, 4) is 0 Å². The zero-order valence-electron chi connectivity index (χ0n) is 15.6. The number of carbonyl (C=O) groups excluding carboxylic acids is 1. The molecule has 0 atom stereocenters. The van der Waals surface area contributed by atoms with Gasteiger partial charge in [0.1, 0.15) is 11.4 Å². The van der Waals surface area contributed by atoms with Gasteiger partial charge in [-0.25, -0.2) is 8.42 Å². The van der Waals surface area contributed by atoms with Crippen molar-refractivity contribution in [2.45, 2.75) is 38.8 Å². The highest BCUT2D eigenvalue weighted by atomic mass is 35.5. The molecule has 1 fully saturated rings. The van der Waals surface area contributed by atoms with Crippen molar-refractivity contribution in [2.24, 2.45) is 0 Å². The van der Waals surface area contributed by atoms with Crippen LogP contribution in [-0.4, -0.2) is 69.3 Å².